The summed E-state index contributed by atoms with van der Waals surface area (Å²) in [4.78, 5) is 0. The minimum absolute atomic E-state index is 0.257. The normalized spacial score (nSPS) is 14.8. The third kappa shape index (κ3) is 5.21. The van der Waals surface area contributed by atoms with Gasteiger partial charge in [-0.1, -0.05) is 19.8 Å². The highest BCUT2D eigenvalue weighted by molar-refractivity contribution is 7.91. The van der Waals surface area contributed by atoms with Crippen LogP contribution >= 0.6 is 0 Å². The Morgan fingerprint density at radius 3 is 2.18 bits per heavy atom. The SMILES string of the molecule is CCCCCC([O])S(C)(=O)=O. The van der Waals surface area contributed by atoms with Crippen LogP contribution in [0.25, 0.3) is 0 Å². The molecule has 11 heavy (non-hydrogen) atoms. The van der Waals surface area contributed by atoms with Crippen LogP contribution in [-0.2, 0) is 14.9 Å². The van der Waals surface area contributed by atoms with E-state index < -0.39 is 15.3 Å². The molecule has 1 unspecified atom stereocenters. The van der Waals surface area contributed by atoms with Gasteiger partial charge in [-0.2, -0.15) is 0 Å². The van der Waals surface area contributed by atoms with E-state index in [0.717, 1.165) is 25.5 Å². The van der Waals surface area contributed by atoms with Gasteiger partial charge in [0.25, 0.3) is 0 Å². The molecule has 67 valence electrons. The standard InChI is InChI=1S/C7H15O3S/c1-3-4-5-6-7(8)11(2,9)10/h7H,3-6H2,1-2H3. The van der Waals surface area contributed by atoms with Crippen LogP contribution in [0.3, 0.4) is 0 Å². The molecule has 0 amide bonds. The van der Waals surface area contributed by atoms with Gasteiger partial charge in [0.15, 0.2) is 15.3 Å². The number of hydrogen-bond donors (Lipinski definition) is 0. The summed E-state index contributed by atoms with van der Waals surface area (Å²) >= 11 is 0. The molecular weight excluding hydrogens is 164 g/mol. The molecule has 0 aromatic rings. The van der Waals surface area contributed by atoms with Crippen molar-refractivity contribution in [1.29, 1.82) is 0 Å². The Morgan fingerprint density at radius 1 is 1.27 bits per heavy atom. The summed E-state index contributed by atoms with van der Waals surface area (Å²) in [6, 6.07) is 0. The van der Waals surface area contributed by atoms with Gasteiger partial charge >= 0.3 is 0 Å². The largest absolute Gasteiger partial charge is 0.226 e. The molecule has 1 radical (unpaired) electrons. The third-order valence-corrected chi connectivity index (χ3v) is 2.71. The molecule has 0 rings (SSSR count). The van der Waals surface area contributed by atoms with Crippen molar-refractivity contribution >= 4 is 9.84 Å². The predicted octanol–water partition coefficient (Wildman–Crippen LogP) is 1.37. The molecule has 0 aromatic heterocycles. The lowest BCUT2D eigenvalue weighted by atomic mass is 10.2. The van der Waals surface area contributed by atoms with Crippen LogP contribution < -0.4 is 0 Å². The Hall–Kier alpha value is -0.0900. The van der Waals surface area contributed by atoms with E-state index in [1.165, 1.54) is 0 Å². The molecule has 0 aromatic carbocycles. The highest BCUT2D eigenvalue weighted by Crippen LogP contribution is 2.07. The molecular formula is C7H15O3S. The monoisotopic (exact) mass is 179 g/mol. The summed E-state index contributed by atoms with van der Waals surface area (Å²) in [7, 11) is -3.34. The summed E-state index contributed by atoms with van der Waals surface area (Å²) in [5.41, 5.74) is -1.41. The molecule has 0 saturated heterocycles. The fourth-order valence-electron chi connectivity index (χ4n) is 0.775. The van der Waals surface area contributed by atoms with Gasteiger partial charge in [0.1, 0.15) is 0 Å². The summed E-state index contributed by atoms with van der Waals surface area (Å²) in [6.07, 6.45) is 3.92. The Morgan fingerprint density at radius 2 is 1.82 bits per heavy atom. The highest BCUT2D eigenvalue weighted by atomic mass is 32.2. The molecule has 0 bridgehead atoms. The lowest BCUT2D eigenvalue weighted by Gasteiger charge is -2.03. The smallest absolute Gasteiger partial charge is 0.193 e. The topological polar surface area (TPSA) is 54.0 Å². The van der Waals surface area contributed by atoms with Gasteiger partial charge in [0.05, 0.1) is 0 Å². The first-order valence-electron chi connectivity index (χ1n) is 3.83. The van der Waals surface area contributed by atoms with Gasteiger partial charge in [0.2, 0.25) is 0 Å². The fourth-order valence-corrected chi connectivity index (χ4v) is 1.37. The maximum absolute atomic E-state index is 10.8. The first-order valence-corrected chi connectivity index (χ1v) is 5.78. The van der Waals surface area contributed by atoms with Gasteiger partial charge in [-0.3, -0.25) is 0 Å². The minimum atomic E-state index is -3.34. The summed E-state index contributed by atoms with van der Waals surface area (Å²) in [5, 5.41) is 10.8. The zero-order chi connectivity index (χ0) is 8.91. The van der Waals surface area contributed by atoms with E-state index in [9.17, 15) is 13.5 Å². The van der Waals surface area contributed by atoms with E-state index in [0.29, 0.717) is 0 Å². The quantitative estimate of drug-likeness (QED) is 0.598. The lowest BCUT2D eigenvalue weighted by molar-refractivity contribution is 0.144. The summed E-state index contributed by atoms with van der Waals surface area (Å²) in [6.45, 7) is 2.01. The second-order valence-corrected chi connectivity index (χ2v) is 4.94. The molecule has 0 aliphatic rings. The fraction of sp³-hybridized carbons (Fsp3) is 1.00. The number of hydrogen-bond acceptors (Lipinski definition) is 2. The van der Waals surface area contributed by atoms with Crippen molar-refractivity contribution < 1.29 is 13.5 Å². The maximum Gasteiger partial charge on any atom is 0.193 e. The molecule has 0 fully saturated rings. The minimum Gasteiger partial charge on any atom is -0.226 e. The van der Waals surface area contributed by atoms with E-state index in [4.69, 9.17) is 0 Å². The van der Waals surface area contributed by atoms with Crippen molar-refractivity contribution in [2.45, 2.75) is 38.0 Å². The van der Waals surface area contributed by atoms with Crippen molar-refractivity contribution in [3.8, 4) is 0 Å². The molecule has 0 N–H and O–H groups in total. The van der Waals surface area contributed by atoms with Gasteiger partial charge < -0.3 is 0 Å². The second-order valence-electron chi connectivity index (χ2n) is 2.75. The number of unbranched alkanes of at least 4 members (excludes halogenated alkanes) is 2. The van der Waals surface area contributed by atoms with Gasteiger partial charge in [-0.05, 0) is 12.8 Å². The lowest BCUT2D eigenvalue weighted by Crippen LogP contribution is -2.17. The van der Waals surface area contributed by atoms with Crippen LogP contribution in [0.4, 0.5) is 0 Å². The van der Waals surface area contributed by atoms with E-state index in [1.54, 1.807) is 0 Å². The molecule has 0 aliphatic heterocycles. The predicted molar refractivity (Wildman–Crippen MR) is 43.5 cm³/mol. The van der Waals surface area contributed by atoms with Crippen LogP contribution in [-0.4, -0.2) is 20.1 Å². The van der Waals surface area contributed by atoms with Crippen LogP contribution in [0.1, 0.15) is 32.6 Å². The summed E-state index contributed by atoms with van der Waals surface area (Å²) < 4.78 is 21.2. The van der Waals surface area contributed by atoms with Crippen molar-refractivity contribution in [3.05, 3.63) is 0 Å². The molecule has 0 aliphatic carbocycles. The average Bonchev–Trinajstić information content (AvgIpc) is 1.86. The third-order valence-electron chi connectivity index (χ3n) is 1.52. The van der Waals surface area contributed by atoms with Crippen LogP contribution in [0.5, 0.6) is 0 Å². The summed E-state index contributed by atoms with van der Waals surface area (Å²) in [5.74, 6) is 0. The molecule has 0 saturated carbocycles. The van der Waals surface area contributed by atoms with Crippen molar-refractivity contribution in [2.75, 3.05) is 6.26 Å². The Kier molecular flexibility index (Phi) is 4.68. The van der Waals surface area contributed by atoms with Gasteiger partial charge in [0, 0.05) is 6.26 Å². The molecule has 1 atom stereocenters. The van der Waals surface area contributed by atoms with E-state index >= 15 is 0 Å². The maximum atomic E-state index is 10.8. The molecule has 3 nitrogen and oxygen atoms in total. The molecule has 0 spiro atoms. The van der Waals surface area contributed by atoms with E-state index in [2.05, 4.69) is 0 Å². The van der Waals surface area contributed by atoms with E-state index in [-0.39, 0.29) is 6.42 Å². The van der Waals surface area contributed by atoms with Gasteiger partial charge in [-0.15, -0.1) is 0 Å². The number of rotatable bonds is 5. The Bertz CT molecular complexity index is 184. The first kappa shape index (κ1) is 10.9. The Balaban J connectivity index is 3.62. The van der Waals surface area contributed by atoms with Crippen LogP contribution in [0.2, 0.25) is 0 Å². The first-order chi connectivity index (χ1) is 4.98. The zero-order valence-corrected chi connectivity index (χ0v) is 7.86. The van der Waals surface area contributed by atoms with E-state index in [1.807, 2.05) is 6.92 Å². The van der Waals surface area contributed by atoms with Crippen molar-refractivity contribution in [1.82, 2.24) is 0 Å². The second kappa shape index (κ2) is 4.72. The van der Waals surface area contributed by atoms with Crippen molar-refractivity contribution in [2.24, 2.45) is 0 Å². The Labute approximate surface area is 68.3 Å². The van der Waals surface area contributed by atoms with Crippen LogP contribution in [0, 0.1) is 0 Å². The van der Waals surface area contributed by atoms with Crippen LogP contribution in [0.15, 0.2) is 0 Å². The molecule has 4 heteroatoms. The zero-order valence-electron chi connectivity index (χ0n) is 7.04. The number of sulfone groups is 1. The van der Waals surface area contributed by atoms with Crippen molar-refractivity contribution in [3.63, 3.8) is 0 Å². The van der Waals surface area contributed by atoms with Gasteiger partial charge in [-0.25, -0.2) is 13.5 Å². The average molecular weight is 179 g/mol. The highest BCUT2D eigenvalue weighted by Gasteiger charge is 2.17. The molecule has 0 heterocycles.